The van der Waals surface area contributed by atoms with Crippen molar-refractivity contribution in [2.75, 3.05) is 6.54 Å². The zero-order valence-corrected chi connectivity index (χ0v) is 22.1. The summed E-state index contributed by atoms with van der Waals surface area (Å²) < 4.78 is 66.6. The van der Waals surface area contributed by atoms with Gasteiger partial charge in [-0.1, -0.05) is 31.9 Å². The number of aromatic nitrogens is 1. The smallest absolute Gasteiger partial charge is 0.241 e. The van der Waals surface area contributed by atoms with Crippen molar-refractivity contribution in [3.05, 3.63) is 69.3 Å². The Labute approximate surface area is 215 Å². The van der Waals surface area contributed by atoms with Crippen molar-refractivity contribution in [1.29, 1.82) is 0 Å². The summed E-state index contributed by atoms with van der Waals surface area (Å²) in [5, 5.41) is 1.07. The number of hydrogen-bond acceptors (Lipinski definition) is 4. The van der Waals surface area contributed by atoms with Crippen molar-refractivity contribution in [2.45, 2.75) is 63.7 Å². The highest BCUT2D eigenvalue weighted by Gasteiger charge is 2.26. The number of nitrogens with one attached hydrogen (secondary N) is 1. The molecule has 194 valence electrons. The Balaban J connectivity index is 0.000000173. The van der Waals surface area contributed by atoms with Gasteiger partial charge in [0.05, 0.1) is 10.7 Å². The second kappa shape index (κ2) is 11.4. The molecule has 0 saturated heterocycles. The number of benzene rings is 2. The second-order valence-corrected chi connectivity index (χ2v) is 12.7. The average Bonchev–Trinajstić information content (AvgIpc) is 3.12. The van der Waals surface area contributed by atoms with E-state index in [2.05, 4.69) is 16.6 Å². The number of fused-ring (bicyclic) bond motifs is 3. The van der Waals surface area contributed by atoms with Crippen molar-refractivity contribution in [3.8, 4) is 11.3 Å². The first-order valence-corrected chi connectivity index (χ1v) is 14.6. The first-order chi connectivity index (χ1) is 17.1. The Morgan fingerprint density at radius 1 is 1.03 bits per heavy atom. The molecule has 2 aromatic carbocycles. The highest BCUT2D eigenvalue weighted by atomic mass is 32.2. The van der Waals surface area contributed by atoms with Crippen molar-refractivity contribution in [1.82, 2.24) is 9.71 Å². The summed E-state index contributed by atoms with van der Waals surface area (Å²) >= 11 is 1.74. The molecule has 0 radical (unpaired) electrons. The van der Waals surface area contributed by atoms with Gasteiger partial charge in [0.1, 0.15) is 17.5 Å². The van der Waals surface area contributed by atoms with Gasteiger partial charge >= 0.3 is 0 Å². The molecule has 2 aliphatic carbocycles. The van der Waals surface area contributed by atoms with Gasteiger partial charge < -0.3 is 0 Å². The van der Waals surface area contributed by atoms with E-state index in [1.807, 2.05) is 13.0 Å². The Hall–Kier alpha value is -2.23. The minimum atomic E-state index is -4.13. The van der Waals surface area contributed by atoms with Crippen molar-refractivity contribution in [2.24, 2.45) is 11.8 Å². The number of hydrogen-bond donors (Lipinski definition) is 1. The maximum absolute atomic E-state index is 13.5. The molecule has 1 saturated carbocycles. The fourth-order valence-electron chi connectivity index (χ4n) is 4.85. The molecule has 0 amide bonds. The predicted octanol–water partition coefficient (Wildman–Crippen LogP) is 6.82. The molecular weight excluding hydrogens is 505 g/mol. The molecule has 5 rings (SSSR count). The number of halogens is 3. The van der Waals surface area contributed by atoms with Gasteiger partial charge in [-0.2, -0.15) is 0 Å². The van der Waals surface area contributed by atoms with Crippen molar-refractivity contribution >= 4 is 21.4 Å². The topological polar surface area (TPSA) is 59.1 Å². The van der Waals surface area contributed by atoms with E-state index < -0.39 is 26.6 Å². The van der Waals surface area contributed by atoms with Crippen LogP contribution in [0.2, 0.25) is 0 Å². The summed E-state index contributed by atoms with van der Waals surface area (Å²) in [6, 6.07) is 8.10. The lowest BCUT2D eigenvalue weighted by Gasteiger charge is -2.26. The van der Waals surface area contributed by atoms with Crippen LogP contribution in [0, 0.1) is 36.2 Å². The van der Waals surface area contributed by atoms with E-state index in [1.54, 1.807) is 23.5 Å². The molecule has 1 fully saturated rings. The van der Waals surface area contributed by atoms with Gasteiger partial charge in [-0.3, -0.25) is 0 Å². The fourth-order valence-corrected chi connectivity index (χ4v) is 7.09. The lowest BCUT2D eigenvalue weighted by molar-refractivity contribution is 0.290. The number of rotatable bonds is 4. The molecule has 1 heterocycles. The van der Waals surface area contributed by atoms with Crippen LogP contribution in [0.3, 0.4) is 0 Å². The Kier molecular flexibility index (Phi) is 8.52. The SMILES string of the molecule is CC1CCC(CNS(=O)(=O)c2c(F)cccc2F)CC1.Cc1nc2c(s1)CCCc1ccc(F)cc1-2. The number of aryl methyl sites for hydroxylation is 3. The summed E-state index contributed by atoms with van der Waals surface area (Å²) in [7, 11) is -4.13. The monoisotopic (exact) mass is 536 g/mol. The first-order valence-electron chi connectivity index (χ1n) is 12.3. The van der Waals surface area contributed by atoms with Gasteiger partial charge in [-0.15, -0.1) is 11.3 Å². The van der Waals surface area contributed by atoms with Crippen LogP contribution in [0.25, 0.3) is 11.3 Å². The Morgan fingerprint density at radius 3 is 2.42 bits per heavy atom. The lowest BCUT2D eigenvalue weighted by atomic mass is 9.83. The molecule has 9 heteroatoms. The Bertz CT molecular complexity index is 1300. The maximum atomic E-state index is 13.5. The van der Waals surface area contributed by atoms with Crippen molar-refractivity contribution in [3.63, 3.8) is 0 Å². The quantitative estimate of drug-likeness (QED) is 0.398. The molecule has 1 N–H and O–H groups in total. The van der Waals surface area contributed by atoms with E-state index in [-0.39, 0.29) is 18.3 Å². The molecule has 36 heavy (non-hydrogen) atoms. The molecule has 0 spiro atoms. The van der Waals surface area contributed by atoms with E-state index in [0.29, 0.717) is 5.92 Å². The van der Waals surface area contributed by atoms with Gasteiger partial charge in [0.2, 0.25) is 10.0 Å². The molecule has 4 nitrogen and oxygen atoms in total. The van der Waals surface area contributed by atoms with E-state index in [0.717, 1.165) is 79.4 Å². The molecule has 1 aromatic heterocycles. The third kappa shape index (κ3) is 6.36. The highest BCUT2D eigenvalue weighted by molar-refractivity contribution is 7.89. The summed E-state index contributed by atoms with van der Waals surface area (Å²) in [5.74, 6) is -1.37. The molecular formula is C27H31F3N2O2S2. The van der Waals surface area contributed by atoms with Gasteiger partial charge in [0.15, 0.2) is 4.90 Å². The summed E-state index contributed by atoms with van der Waals surface area (Å²) in [6.45, 7) is 4.43. The van der Waals surface area contributed by atoms with Crippen LogP contribution in [0.15, 0.2) is 41.3 Å². The summed E-state index contributed by atoms with van der Waals surface area (Å²) in [4.78, 5) is 4.97. The maximum Gasteiger partial charge on any atom is 0.246 e. The number of sulfonamides is 1. The molecule has 0 bridgehead atoms. The van der Waals surface area contributed by atoms with Crippen LogP contribution >= 0.6 is 11.3 Å². The highest BCUT2D eigenvalue weighted by Crippen LogP contribution is 2.35. The number of nitrogens with zero attached hydrogens (tertiary/aromatic N) is 1. The summed E-state index contributed by atoms with van der Waals surface area (Å²) in [6.07, 6.45) is 7.26. The van der Waals surface area contributed by atoms with Gasteiger partial charge in [0, 0.05) is 17.0 Å². The first kappa shape index (κ1) is 26.8. The predicted molar refractivity (Wildman–Crippen MR) is 137 cm³/mol. The minimum Gasteiger partial charge on any atom is -0.241 e. The molecule has 0 aliphatic heterocycles. The zero-order chi connectivity index (χ0) is 25.9. The van der Waals surface area contributed by atoms with Gasteiger partial charge in [0.25, 0.3) is 0 Å². The van der Waals surface area contributed by atoms with Crippen molar-refractivity contribution < 1.29 is 21.6 Å². The normalized spacial score (nSPS) is 19.5. The fraction of sp³-hybridized carbons (Fsp3) is 0.444. The largest absolute Gasteiger partial charge is 0.246 e. The van der Waals surface area contributed by atoms with Crippen LogP contribution in [-0.4, -0.2) is 19.9 Å². The van der Waals surface area contributed by atoms with Crippen LogP contribution in [0.4, 0.5) is 13.2 Å². The molecule has 2 aliphatic rings. The second-order valence-electron chi connectivity index (χ2n) is 9.69. The third-order valence-corrected chi connectivity index (χ3v) is 9.37. The Morgan fingerprint density at radius 2 is 1.72 bits per heavy atom. The van der Waals surface area contributed by atoms with E-state index >= 15 is 0 Å². The lowest BCUT2D eigenvalue weighted by Crippen LogP contribution is -2.32. The molecule has 0 unspecified atom stereocenters. The van der Waals surface area contributed by atoms with Crippen LogP contribution < -0.4 is 4.72 Å². The molecule has 0 atom stereocenters. The van der Waals surface area contributed by atoms with E-state index in [4.69, 9.17) is 0 Å². The van der Waals surface area contributed by atoms with E-state index in [9.17, 15) is 21.6 Å². The van der Waals surface area contributed by atoms with Crippen LogP contribution in [0.5, 0.6) is 0 Å². The van der Waals surface area contributed by atoms with E-state index in [1.165, 1.54) is 10.4 Å². The zero-order valence-electron chi connectivity index (χ0n) is 20.5. The van der Waals surface area contributed by atoms with Gasteiger partial charge in [-0.25, -0.2) is 31.3 Å². The van der Waals surface area contributed by atoms with Crippen LogP contribution in [0.1, 0.15) is 54.5 Å². The standard InChI is InChI=1S/C14H19F2NO2S.C13H12FNS/c1-10-5-7-11(8-6-10)9-17-20(18,19)14-12(15)3-2-4-13(14)16;1-8-15-13-11-7-10(14)6-5-9(11)3-2-4-12(13)16-8/h2-4,10-11,17H,5-9H2,1H3;5-7H,2-4H2,1H3. The molecule has 3 aromatic rings. The van der Waals surface area contributed by atoms with Gasteiger partial charge in [-0.05, 0) is 80.7 Å². The number of thiazole rings is 1. The minimum absolute atomic E-state index is 0.169. The third-order valence-electron chi connectivity index (χ3n) is 6.87. The summed E-state index contributed by atoms with van der Waals surface area (Å²) in [5.41, 5.74) is 3.23. The average molecular weight is 537 g/mol. The van der Waals surface area contributed by atoms with Crippen LogP contribution in [-0.2, 0) is 22.9 Å².